The number of halogens is 1. The van der Waals surface area contributed by atoms with Crippen LogP contribution in [0.15, 0.2) is 72.8 Å². The van der Waals surface area contributed by atoms with Crippen molar-refractivity contribution in [2.45, 2.75) is 19.9 Å². The summed E-state index contributed by atoms with van der Waals surface area (Å²) >= 11 is 6.00. The Morgan fingerprint density at radius 1 is 1.00 bits per heavy atom. The second-order valence-corrected chi connectivity index (χ2v) is 8.15. The van der Waals surface area contributed by atoms with Crippen LogP contribution < -0.4 is 10.2 Å². The first kappa shape index (κ1) is 20.9. The maximum atomic E-state index is 13.1. The SMILES string of the molecule is Cc1ccc(CN2CCCN(c3cccc(C(=O)Nc4cccc(Cl)c4)c3)C2=O)cc1. The highest BCUT2D eigenvalue weighted by Gasteiger charge is 2.27. The lowest BCUT2D eigenvalue weighted by Crippen LogP contribution is -2.49. The van der Waals surface area contributed by atoms with Crippen LogP contribution in [0.5, 0.6) is 0 Å². The molecular weight excluding hydrogens is 410 g/mol. The molecule has 6 heteroatoms. The van der Waals surface area contributed by atoms with Crippen LogP contribution in [0.2, 0.25) is 5.02 Å². The fraction of sp³-hybridized carbons (Fsp3) is 0.200. The van der Waals surface area contributed by atoms with Gasteiger partial charge in [0.05, 0.1) is 0 Å². The summed E-state index contributed by atoms with van der Waals surface area (Å²) < 4.78 is 0. The molecule has 0 unspecified atom stereocenters. The highest BCUT2D eigenvalue weighted by atomic mass is 35.5. The van der Waals surface area contributed by atoms with Crippen molar-refractivity contribution in [3.8, 4) is 0 Å². The summed E-state index contributed by atoms with van der Waals surface area (Å²) in [5, 5.41) is 3.40. The Balaban J connectivity index is 1.49. The molecule has 3 aromatic carbocycles. The molecule has 0 bridgehead atoms. The number of amides is 3. The first-order valence-corrected chi connectivity index (χ1v) is 10.7. The second-order valence-electron chi connectivity index (χ2n) is 7.71. The van der Waals surface area contributed by atoms with Crippen molar-refractivity contribution in [2.75, 3.05) is 23.3 Å². The Bertz CT molecular complexity index is 1100. The van der Waals surface area contributed by atoms with Gasteiger partial charge in [-0.1, -0.05) is 53.6 Å². The lowest BCUT2D eigenvalue weighted by atomic mass is 10.1. The van der Waals surface area contributed by atoms with E-state index in [1.807, 2.05) is 17.9 Å². The number of nitrogens with zero attached hydrogens (tertiary/aromatic N) is 2. The van der Waals surface area contributed by atoms with Gasteiger partial charge in [-0.05, 0) is 55.3 Å². The van der Waals surface area contributed by atoms with E-state index in [9.17, 15) is 9.59 Å². The van der Waals surface area contributed by atoms with Gasteiger partial charge in [0.2, 0.25) is 0 Å². The molecule has 0 radical (unpaired) electrons. The van der Waals surface area contributed by atoms with Crippen molar-refractivity contribution in [2.24, 2.45) is 0 Å². The second kappa shape index (κ2) is 9.23. The minimum atomic E-state index is -0.245. The summed E-state index contributed by atoms with van der Waals surface area (Å²) in [5.41, 5.74) is 4.14. The maximum Gasteiger partial charge on any atom is 0.324 e. The summed E-state index contributed by atoms with van der Waals surface area (Å²) in [6.07, 6.45) is 0.872. The molecule has 0 aliphatic carbocycles. The molecule has 5 nitrogen and oxygen atoms in total. The highest BCUT2D eigenvalue weighted by Crippen LogP contribution is 2.23. The van der Waals surface area contributed by atoms with Crippen LogP contribution in [-0.2, 0) is 6.54 Å². The maximum absolute atomic E-state index is 13.1. The zero-order valence-electron chi connectivity index (χ0n) is 17.3. The first-order valence-electron chi connectivity index (χ1n) is 10.3. The number of aryl methyl sites for hydroxylation is 1. The van der Waals surface area contributed by atoms with E-state index in [2.05, 4.69) is 29.6 Å². The normalized spacial score (nSPS) is 13.9. The number of nitrogens with one attached hydrogen (secondary N) is 1. The van der Waals surface area contributed by atoms with Gasteiger partial charge >= 0.3 is 6.03 Å². The number of hydrogen-bond donors (Lipinski definition) is 1. The van der Waals surface area contributed by atoms with Crippen LogP contribution in [0.3, 0.4) is 0 Å². The zero-order chi connectivity index (χ0) is 21.8. The van der Waals surface area contributed by atoms with Gasteiger partial charge in [0, 0.05) is 41.6 Å². The molecule has 1 heterocycles. The largest absolute Gasteiger partial charge is 0.324 e. The number of benzene rings is 3. The minimum absolute atomic E-state index is 0.0424. The minimum Gasteiger partial charge on any atom is -0.322 e. The number of carbonyl (C=O) groups excluding carboxylic acids is 2. The third kappa shape index (κ3) is 5.06. The molecule has 1 aliphatic heterocycles. The summed E-state index contributed by atoms with van der Waals surface area (Å²) in [4.78, 5) is 29.4. The molecule has 1 fully saturated rings. The predicted molar refractivity (Wildman–Crippen MR) is 125 cm³/mol. The Hall–Kier alpha value is -3.31. The van der Waals surface area contributed by atoms with Gasteiger partial charge in [-0.25, -0.2) is 4.79 Å². The molecule has 158 valence electrons. The average molecular weight is 434 g/mol. The molecule has 0 spiro atoms. The van der Waals surface area contributed by atoms with Crippen molar-refractivity contribution < 1.29 is 9.59 Å². The number of hydrogen-bond acceptors (Lipinski definition) is 2. The Kier molecular flexibility index (Phi) is 6.23. The van der Waals surface area contributed by atoms with Crippen LogP contribution in [0.4, 0.5) is 16.2 Å². The van der Waals surface area contributed by atoms with Gasteiger partial charge < -0.3 is 10.2 Å². The smallest absolute Gasteiger partial charge is 0.322 e. The summed E-state index contributed by atoms with van der Waals surface area (Å²) in [5.74, 6) is -0.245. The molecule has 4 rings (SSSR count). The zero-order valence-corrected chi connectivity index (χ0v) is 18.1. The molecular formula is C25H24ClN3O2. The average Bonchev–Trinajstić information content (AvgIpc) is 2.77. The van der Waals surface area contributed by atoms with Gasteiger partial charge in [-0.3, -0.25) is 9.69 Å². The van der Waals surface area contributed by atoms with Crippen molar-refractivity contribution in [3.05, 3.63) is 94.5 Å². The fourth-order valence-corrected chi connectivity index (χ4v) is 3.86. The number of anilines is 2. The third-order valence-corrected chi connectivity index (χ3v) is 5.54. The van der Waals surface area contributed by atoms with E-state index in [-0.39, 0.29) is 11.9 Å². The molecule has 1 N–H and O–H groups in total. The number of carbonyl (C=O) groups is 2. The first-order chi connectivity index (χ1) is 15.0. The monoisotopic (exact) mass is 433 g/mol. The third-order valence-electron chi connectivity index (χ3n) is 5.31. The molecule has 0 saturated carbocycles. The number of rotatable bonds is 5. The predicted octanol–water partition coefficient (Wildman–Crippen LogP) is 5.73. The van der Waals surface area contributed by atoms with E-state index in [1.165, 1.54) is 5.56 Å². The summed E-state index contributed by atoms with van der Waals surface area (Å²) in [6.45, 7) is 3.97. The van der Waals surface area contributed by atoms with Crippen LogP contribution in [0.25, 0.3) is 0 Å². The van der Waals surface area contributed by atoms with Gasteiger partial charge in [-0.15, -0.1) is 0 Å². The fourth-order valence-electron chi connectivity index (χ4n) is 3.67. The molecule has 0 aromatic heterocycles. The molecule has 31 heavy (non-hydrogen) atoms. The Morgan fingerprint density at radius 2 is 1.77 bits per heavy atom. The van der Waals surface area contributed by atoms with Gasteiger partial charge in [-0.2, -0.15) is 0 Å². The van der Waals surface area contributed by atoms with Crippen LogP contribution in [0, 0.1) is 6.92 Å². The van der Waals surface area contributed by atoms with E-state index in [4.69, 9.17) is 11.6 Å². The van der Waals surface area contributed by atoms with Crippen LogP contribution in [0.1, 0.15) is 27.9 Å². The van der Waals surface area contributed by atoms with Gasteiger partial charge in [0.15, 0.2) is 0 Å². The van der Waals surface area contributed by atoms with Crippen molar-refractivity contribution in [1.82, 2.24) is 4.90 Å². The topological polar surface area (TPSA) is 52.6 Å². The molecule has 3 aromatic rings. The van der Waals surface area contributed by atoms with Crippen LogP contribution in [-0.4, -0.2) is 29.9 Å². The quantitative estimate of drug-likeness (QED) is 0.558. The Morgan fingerprint density at radius 3 is 2.55 bits per heavy atom. The van der Waals surface area contributed by atoms with Crippen molar-refractivity contribution in [1.29, 1.82) is 0 Å². The van der Waals surface area contributed by atoms with E-state index in [0.717, 1.165) is 24.2 Å². The van der Waals surface area contributed by atoms with Gasteiger partial charge in [0.1, 0.15) is 0 Å². The summed E-state index contributed by atoms with van der Waals surface area (Å²) in [6, 6.07) is 22.4. The van der Waals surface area contributed by atoms with Crippen molar-refractivity contribution in [3.63, 3.8) is 0 Å². The van der Waals surface area contributed by atoms with Gasteiger partial charge in [0.25, 0.3) is 5.91 Å². The molecule has 1 aliphatic rings. The molecule has 3 amide bonds. The molecule has 1 saturated heterocycles. The van der Waals surface area contributed by atoms with E-state index in [1.54, 1.807) is 47.4 Å². The van der Waals surface area contributed by atoms with E-state index in [0.29, 0.717) is 29.4 Å². The highest BCUT2D eigenvalue weighted by molar-refractivity contribution is 6.31. The lowest BCUT2D eigenvalue weighted by Gasteiger charge is -2.36. The van der Waals surface area contributed by atoms with Crippen molar-refractivity contribution >= 4 is 34.9 Å². The lowest BCUT2D eigenvalue weighted by molar-refractivity contribution is 0.102. The van der Waals surface area contributed by atoms with E-state index >= 15 is 0 Å². The Labute approximate surface area is 187 Å². The standard InChI is InChI=1S/C25H24ClN3O2/c1-18-9-11-19(12-10-18)17-28-13-4-14-29(25(28)31)23-8-2-5-20(15-23)24(30)27-22-7-3-6-21(26)16-22/h2-3,5-12,15-16H,4,13-14,17H2,1H3,(H,27,30). The molecule has 0 atom stereocenters. The summed E-state index contributed by atoms with van der Waals surface area (Å²) in [7, 11) is 0. The van der Waals surface area contributed by atoms with E-state index < -0.39 is 0 Å². The van der Waals surface area contributed by atoms with Crippen LogP contribution >= 0.6 is 11.6 Å². The number of urea groups is 1.